The van der Waals surface area contributed by atoms with Crippen molar-refractivity contribution in [3.8, 4) is 0 Å². The van der Waals surface area contributed by atoms with Gasteiger partial charge in [-0.3, -0.25) is 4.79 Å². The fourth-order valence-corrected chi connectivity index (χ4v) is 1.28. The van der Waals surface area contributed by atoms with Gasteiger partial charge < -0.3 is 10.2 Å². The predicted octanol–water partition coefficient (Wildman–Crippen LogP) is 0.771. The van der Waals surface area contributed by atoms with Crippen molar-refractivity contribution in [2.75, 3.05) is 5.73 Å². The molecule has 0 aliphatic heterocycles. The number of nitrogens with one attached hydrogen (secondary N) is 1. The SMILES string of the molecule is Nc1nonc1C(=O)N/N=C/c1ccc(Br)o1. The van der Waals surface area contributed by atoms with Crippen LogP contribution in [-0.2, 0) is 0 Å². The first-order valence-electron chi connectivity index (χ1n) is 4.33. The Kier molecular flexibility index (Phi) is 3.19. The first-order valence-corrected chi connectivity index (χ1v) is 5.13. The number of hydrogen-bond acceptors (Lipinski definition) is 7. The summed E-state index contributed by atoms with van der Waals surface area (Å²) in [6.45, 7) is 0. The largest absolute Gasteiger partial charge is 0.448 e. The van der Waals surface area contributed by atoms with Crippen molar-refractivity contribution >= 4 is 33.9 Å². The lowest BCUT2D eigenvalue weighted by Crippen LogP contribution is -2.19. The van der Waals surface area contributed by atoms with Gasteiger partial charge in [0, 0.05) is 0 Å². The Balaban J connectivity index is 1.97. The quantitative estimate of drug-likeness (QED) is 0.638. The standard InChI is InChI=1S/C8H6BrN5O3/c9-5-2-1-4(16-5)3-11-12-8(15)6-7(10)14-17-13-6/h1-3H,(H2,10,14)(H,12,15)/b11-3+. The van der Waals surface area contributed by atoms with Gasteiger partial charge >= 0.3 is 0 Å². The second-order valence-corrected chi connectivity index (χ2v) is 3.62. The highest BCUT2D eigenvalue weighted by molar-refractivity contribution is 9.10. The van der Waals surface area contributed by atoms with Crippen LogP contribution >= 0.6 is 15.9 Å². The Hall–Kier alpha value is -2.16. The third kappa shape index (κ3) is 2.69. The van der Waals surface area contributed by atoms with E-state index in [1.54, 1.807) is 12.1 Å². The summed E-state index contributed by atoms with van der Waals surface area (Å²) in [6.07, 6.45) is 1.33. The smallest absolute Gasteiger partial charge is 0.297 e. The molecule has 0 saturated heterocycles. The zero-order valence-electron chi connectivity index (χ0n) is 8.25. The maximum absolute atomic E-state index is 11.4. The Bertz CT molecular complexity index is 561. The van der Waals surface area contributed by atoms with Gasteiger partial charge in [0.2, 0.25) is 11.5 Å². The fourth-order valence-electron chi connectivity index (χ4n) is 0.958. The van der Waals surface area contributed by atoms with Crippen LogP contribution in [0.15, 0.2) is 30.9 Å². The number of carbonyl (C=O) groups excluding carboxylic acids is 1. The van der Waals surface area contributed by atoms with E-state index in [4.69, 9.17) is 10.2 Å². The molecule has 0 aromatic carbocycles. The zero-order valence-corrected chi connectivity index (χ0v) is 9.84. The molecule has 2 rings (SSSR count). The highest BCUT2D eigenvalue weighted by Crippen LogP contribution is 2.12. The molecule has 2 heterocycles. The van der Waals surface area contributed by atoms with E-state index in [1.165, 1.54) is 6.21 Å². The monoisotopic (exact) mass is 299 g/mol. The Morgan fingerprint density at radius 2 is 2.35 bits per heavy atom. The van der Waals surface area contributed by atoms with E-state index in [9.17, 15) is 4.79 Å². The van der Waals surface area contributed by atoms with E-state index < -0.39 is 5.91 Å². The molecule has 2 aromatic heterocycles. The number of halogens is 1. The van der Waals surface area contributed by atoms with Crippen LogP contribution < -0.4 is 11.2 Å². The van der Waals surface area contributed by atoms with Gasteiger partial charge in [-0.05, 0) is 38.4 Å². The van der Waals surface area contributed by atoms with Crippen LogP contribution in [0.3, 0.4) is 0 Å². The van der Waals surface area contributed by atoms with Gasteiger partial charge in [0.05, 0.1) is 6.21 Å². The zero-order chi connectivity index (χ0) is 12.3. The van der Waals surface area contributed by atoms with Gasteiger partial charge in [-0.25, -0.2) is 10.1 Å². The van der Waals surface area contributed by atoms with Gasteiger partial charge in [0.1, 0.15) is 5.76 Å². The number of amides is 1. The third-order valence-corrected chi connectivity index (χ3v) is 2.11. The number of carbonyl (C=O) groups is 1. The summed E-state index contributed by atoms with van der Waals surface area (Å²) in [7, 11) is 0. The minimum absolute atomic E-state index is 0.0987. The van der Waals surface area contributed by atoms with E-state index in [-0.39, 0.29) is 11.5 Å². The minimum atomic E-state index is -0.620. The number of hydrogen-bond donors (Lipinski definition) is 2. The number of hydrazone groups is 1. The van der Waals surface area contributed by atoms with Crippen molar-refractivity contribution in [2.45, 2.75) is 0 Å². The van der Waals surface area contributed by atoms with Crippen molar-refractivity contribution in [1.82, 2.24) is 15.7 Å². The van der Waals surface area contributed by atoms with E-state index in [0.29, 0.717) is 10.4 Å². The molecule has 0 saturated carbocycles. The van der Waals surface area contributed by atoms with Crippen molar-refractivity contribution in [2.24, 2.45) is 5.10 Å². The summed E-state index contributed by atoms with van der Waals surface area (Å²) >= 11 is 3.13. The minimum Gasteiger partial charge on any atom is -0.448 e. The molecule has 0 unspecified atom stereocenters. The van der Waals surface area contributed by atoms with Crippen LogP contribution in [-0.4, -0.2) is 22.4 Å². The number of aromatic nitrogens is 2. The molecule has 0 aliphatic carbocycles. The van der Waals surface area contributed by atoms with E-state index in [0.717, 1.165) is 0 Å². The summed E-state index contributed by atoms with van der Waals surface area (Å²) in [4.78, 5) is 11.4. The number of nitrogen functional groups attached to an aromatic ring is 1. The Morgan fingerprint density at radius 3 is 2.94 bits per heavy atom. The molecule has 1 amide bonds. The van der Waals surface area contributed by atoms with Gasteiger partial charge in [0.15, 0.2) is 4.67 Å². The molecule has 0 atom stereocenters. The normalized spacial score (nSPS) is 10.9. The number of nitrogens with zero attached hydrogens (tertiary/aromatic N) is 3. The van der Waals surface area contributed by atoms with Crippen LogP contribution in [0.4, 0.5) is 5.82 Å². The molecule has 3 N–H and O–H groups in total. The Labute approximate surface area is 103 Å². The summed E-state index contributed by atoms with van der Waals surface area (Å²) in [5.41, 5.74) is 7.40. The topological polar surface area (TPSA) is 120 Å². The molecular weight excluding hydrogens is 294 g/mol. The molecule has 0 aliphatic rings. The lowest BCUT2D eigenvalue weighted by atomic mass is 10.4. The van der Waals surface area contributed by atoms with Crippen LogP contribution in [0.25, 0.3) is 0 Å². The van der Waals surface area contributed by atoms with Gasteiger partial charge in [-0.1, -0.05) is 0 Å². The molecule has 9 heteroatoms. The first kappa shape index (κ1) is 11.3. The molecule has 17 heavy (non-hydrogen) atoms. The third-order valence-electron chi connectivity index (χ3n) is 1.68. The van der Waals surface area contributed by atoms with Crippen molar-refractivity contribution in [3.63, 3.8) is 0 Å². The molecule has 2 aromatic rings. The summed E-state index contributed by atoms with van der Waals surface area (Å²) in [5.74, 6) is -0.243. The van der Waals surface area contributed by atoms with Crippen molar-refractivity contribution in [1.29, 1.82) is 0 Å². The number of furan rings is 1. The number of rotatable bonds is 3. The van der Waals surface area contributed by atoms with Crippen LogP contribution in [0, 0.1) is 0 Å². The van der Waals surface area contributed by atoms with Crippen LogP contribution in [0.5, 0.6) is 0 Å². The molecule has 0 radical (unpaired) electrons. The molecule has 88 valence electrons. The fraction of sp³-hybridized carbons (Fsp3) is 0. The molecular formula is C8H6BrN5O3. The average molecular weight is 300 g/mol. The summed E-state index contributed by atoms with van der Waals surface area (Å²) in [5, 5.41) is 10.2. The van der Waals surface area contributed by atoms with Crippen LogP contribution in [0.1, 0.15) is 16.2 Å². The number of nitrogens with two attached hydrogens (primary N) is 1. The highest BCUT2D eigenvalue weighted by Gasteiger charge is 2.14. The van der Waals surface area contributed by atoms with E-state index >= 15 is 0 Å². The molecule has 8 nitrogen and oxygen atoms in total. The van der Waals surface area contributed by atoms with Gasteiger partial charge in [-0.15, -0.1) is 0 Å². The maximum atomic E-state index is 11.4. The lowest BCUT2D eigenvalue weighted by Gasteiger charge is -1.93. The average Bonchev–Trinajstić information content (AvgIpc) is 2.87. The van der Waals surface area contributed by atoms with Crippen molar-refractivity contribution in [3.05, 3.63) is 28.3 Å². The summed E-state index contributed by atoms with van der Waals surface area (Å²) < 4.78 is 9.96. The number of anilines is 1. The van der Waals surface area contributed by atoms with Crippen molar-refractivity contribution < 1.29 is 13.8 Å². The van der Waals surface area contributed by atoms with Crippen LogP contribution in [0.2, 0.25) is 0 Å². The van der Waals surface area contributed by atoms with E-state index in [2.05, 4.69) is 41.4 Å². The lowest BCUT2D eigenvalue weighted by molar-refractivity contribution is 0.0946. The first-order chi connectivity index (χ1) is 8.16. The molecule has 0 spiro atoms. The maximum Gasteiger partial charge on any atom is 0.297 e. The predicted molar refractivity (Wildman–Crippen MR) is 60.2 cm³/mol. The van der Waals surface area contributed by atoms with E-state index in [1.807, 2.05) is 0 Å². The molecule has 0 fully saturated rings. The second-order valence-electron chi connectivity index (χ2n) is 2.84. The Morgan fingerprint density at radius 1 is 1.53 bits per heavy atom. The van der Waals surface area contributed by atoms with Gasteiger partial charge in [-0.2, -0.15) is 5.10 Å². The summed E-state index contributed by atoms with van der Waals surface area (Å²) in [6, 6.07) is 3.37. The highest BCUT2D eigenvalue weighted by atomic mass is 79.9. The second kappa shape index (κ2) is 4.78. The molecule has 0 bridgehead atoms. The van der Waals surface area contributed by atoms with Gasteiger partial charge in [0.25, 0.3) is 5.91 Å².